The third-order valence-electron chi connectivity index (χ3n) is 5.76. The number of aliphatic hydroxyl groups is 9. The van der Waals surface area contributed by atoms with E-state index in [1.54, 1.807) is 0 Å². The van der Waals surface area contributed by atoms with Gasteiger partial charge in [-0.15, -0.1) is 0 Å². The lowest BCUT2D eigenvalue weighted by Gasteiger charge is -2.45. The third-order valence-corrected chi connectivity index (χ3v) is 5.76. The summed E-state index contributed by atoms with van der Waals surface area (Å²) in [5.41, 5.74) is -1.92. The quantitative estimate of drug-likeness (QED) is 0.181. The smallest absolute Gasteiger partial charge is 0.187 e. The minimum Gasteiger partial charge on any atom is -0.393 e. The lowest BCUT2D eigenvalue weighted by atomic mass is 9.97. The molecular weight excluding hydrogens is 428 g/mol. The molecule has 3 saturated heterocycles. The van der Waals surface area contributed by atoms with Crippen LogP contribution in [0.5, 0.6) is 0 Å². The summed E-state index contributed by atoms with van der Waals surface area (Å²) < 4.78 is 26.1. The van der Waals surface area contributed by atoms with E-state index in [9.17, 15) is 40.9 Å². The normalized spacial score (nSPS) is 53.6. The molecule has 0 spiro atoms. The zero-order valence-electron chi connectivity index (χ0n) is 16.6. The largest absolute Gasteiger partial charge is 0.393 e. The highest BCUT2D eigenvalue weighted by Gasteiger charge is 2.52. The molecule has 3 fully saturated rings. The molecule has 0 aliphatic carbocycles. The van der Waals surface area contributed by atoms with Gasteiger partial charge >= 0.3 is 0 Å². The number of aliphatic hydroxyl groups excluding tert-OH is 8. The molecule has 0 unspecified atom stereocenters. The van der Waals surface area contributed by atoms with Gasteiger partial charge in [-0.2, -0.15) is 0 Å². The van der Waals surface area contributed by atoms with Gasteiger partial charge in [-0.1, -0.05) is 0 Å². The zero-order chi connectivity index (χ0) is 23.1. The van der Waals surface area contributed by atoms with E-state index in [1.165, 1.54) is 6.92 Å². The van der Waals surface area contributed by atoms with E-state index in [1.807, 2.05) is 0 Å². The molecule has 0 aromatic rings. The van der Waals surface area contributed by atoms with Gasteiger partial charge in [0.15, 0.2) is 18.9 Å². The Kier molecular flexibility index (Phi) is 7.88. The third kappa shape index (κ3) is 4.87. The number of rotatable bonds is 6. The van der Waals surface area contributed by atoms with Crippen molar-refractivity contribution in [1.82, 2.24) is 0 Å². The van der Waals surface area contributed by atoms with Gasteiger partial charge in [0.05, 0.1) is 25.9 Å². The van der Waals surface area contributed by atoms with Gasteiger partial charge in [-0.3, -0.25) is 0 Å². The van der Waals surface area contributed by atoms with Crippen molar-refractivity contribution in [2.45, 2.75) is 86.3 Å². The fourth-order valence-corrected chi connectivity index (χ4v) is 3.62. The van der Waals surface area contributed by atoms with Crippen molar-refractivity contribution in [3.8, 4) is 0 Å². The highest BCUT2D eigenvalue weighted by Crippen LogP contribution is 2.30. The van der Waals surface area contributed by atoms with Crippen molar-refractivity contribution in [3.05, 3.63) is 0 Å². The van der Waals surface area contributed by atoms with Crippen molar-refractivity contribution in [2.24, 2.45) is 0 Å². The Morgan fingerprint density at radius 3 is 2.16 bits per heavy atom. The van der Waals surface area contributed by atoms with Crippen molar-refractivity contribution in [1.29, 1.82) is 0 Å². The van der Waals surface area contributed by atoms with Crippen molar-refractivity contribution >= 4 is 0 Å². The number of hydrogen-bond acceptors (Lipinski definition) is 14. The zero-order valence-corrected chi connectivity index (χ0v) is 16.6. The van der Waals surface area contributed by atoms with E-state index in [-0.39, 0.29) is 0 Å². The standard InChI is InChI=1S/C17H30O14/c1-5-7(19)9(21)10(22)15(29-5)31-12-8(20)6(30-14(25)11(12)23)2-27-16-13(24)17(26,3-18)4-28-16/h5-16,18-26H,2-4H2,1H3/t5-,6+,7-,8+,9+,10+,11+,12-,13-,14+,15-,16+,17+/m0/s1. The maximum atomic E-state index is 10.6. The van der Waals surface area contributed by atoms with E-state index in [2.05, 4.69) is 0 Å². The molecule has 3 aliphatic heterocycles. The van der Waals surface area contributed by atoms with Gasteiger partial charge in [0, 0.05) is 0 Å². The summed E-state index contributed by atoms with van der Waals surface area (Å²) in [6.07, 6.45) is -18.3. The number of hydrogen-bond donors (Lipinski definition) is 9. The van der Waals surface area contributed by atoms with Gasteiger partial charge in [0.1, 0.15) is 54.4 Å². The molecule has 14 heteroatoms. The Bertz CT molecular complexity index is 595. The molecule has 0 bridgehead atoms. The highest BCUT2D eigenvalue weighted by atomic mass is 16.7. The molecule has 13 atom stereocenters. The lowest BCUT2D eigenvalue weighted by molar-refractivity contribution is -0.355. The van der Waals surface area contributed by atoms with Gasteiger partial charge in [-0.25, -0.2) is 0 Å². The molecule has 14 nitrogen and oxygen atoms in total. The average Bonchev–Trinajstić information content (AvgIpc) is 3.03. The first-order valence-corrected chi connectivity index (χ1v) is 9.79. The highest BCUT2D eigenvalue weighted by molar-refractivity contribution is 4.95. The van der Waals surface area contributed by atoms with Crippen LogP contribution in [-0.4, -0.2) is 145 Å². The SMILES string of the molecule is C[C@@H]1O[C@@H](O[C@@H]2[C@@H](O)[C@H](O)O[C@H](CO[C@@H]3OC[C@](O)(CO)[C@H]3O)[C@H]2O)[C@H](O)[C@H](O)[C@H]1O. The van der Waals surface area contributed by atoms with E-state index in [0.717, 1.165) is 0 Å². The lowest BCUT2D eigenvalue weighted by Crippen LogP contribution is -2.64. The Hall–Kier alpha value is -0.560. The first kappa shape index (κ1) is 25.1. The summed E-state index contributed by atoms with van der Waals surface area (Å²) in [5.74, 6) is 0. The summed E-state index contributed by atoms with van der Waals surface area (Å²) in [5, 5.41) is 89.5. The second-order valence-corrected chi connectivity index (χ2v) is 8.05. The van der Waals surface area contributed by atoms with Crippen molar-refractivity contribution in [3.63, 3.8) is 0 Å². The molecule has 3 rings (SSSR count). The van der Waals surface area contributed by atoms with Crippen molar-refractivity contribution in [2.75, 3.05) is 19.8 Å². The molecule has 0 aromatic heterocycles. The predicted octanol–water partition coefficient (Wildman–Crippen LogP) is -5.90. The van der Waals surface area contributed by atoms with Crippen LogP contribution in [0.3, 0.4) is 0 Å². The van der Waals surface area contributed by atoms with Gasteiger partial charge in [0.2, 0.25) is 0 Å². The van der Waals surface area contributed by atoms with Crippen LogP contribution in [0.25, 0.3) is 0 Å². The van der Waals surface area contributed by atoms with Crippen LogP contribution in [0.15, 0.2) is 0 Å². The van der Waals surface area contributed by atoms with Gasteiger partial charge in [0.25, 0.3) is 0 Å². The van der Waals surface area contributed by atoms with E-state index in [0.29, 0.717) is 0 Å². The molecule has 0 radical (unpaired) electrons. The van der Waals surface area contributed by atoms with Crippen LogP contribution in [0, 0.1) is 0 Å². The van der Waals surface area contributed by atoms with Crippen LogP contribution >= 0.6 is 0 Å². The summed E-state index contributed by atoms with van der Waals surface area (Å²) >= 11 is 0. The van der Waals surface area contributed by atoms with Crippen molar-refractivity contribution < 1.29 is 69.6 Å². The minimum atomic E-state index is -1.92. The van der Waals surface area contributed by atoms with Gasteiger partial charge in [-0.05, 0) is 6.92 Å². The molecule has 31 heavy (non-hydrogen) atoms. The summed E-state index contributed by atoms with van der Waals surface area (Å²) in [6.45, 7) is -0.251. The second kappa shape index (κ2) is 9.74. The van der Waals surface area contributed by atoms with Crippen LogP contribution in [0.1, 0.15) is 6.92 Å². The van der Waals surface area contributed by atoms with E-state index < -0.39 is 99.2 Å². The molecular formula is C17H30O14. The van der Waals surface area contributed by atoms with E-state index in [4.69, 9.17) is 28.8 Å². The molecule has 3 heterocycles. The Balaban J connectivity index is 1.63. The monoisotopic (exact) mass is 458 g/mol. The van der Waals surface area contributed by atoms with Crippen LogP contribution in [-0.2, 0) is 23.7 Å². The van der Waals surface area contributed by atoms with E-state index >= 15 is 0 Å². The molecule has 0 saturated carbocycles. The van der Waals surface area contributed by atoms with Crippen LogP contribution < -0.4 is 0 Å². The summed E-state index contributed by atoms with van der Waals surface area (Å²) in [4.78, 5) is 0. The maximum absolute atomic E-state index is 10.6. The Morgan fingerprint density at radius 2 is 1.55 bits per heavy atom. The average molecular weight is 458 g/mol. The predicted molar refractivity (Wildman–Crippen MR) is 93.9 cm³/mol. The minimum absolute atomic E-state index is 0.403. The fraction of sp³-hybridized carbons (Fsp3) is 1.00. The maximum Gasteiger partial charge on any atom is 0.187 e. The van der Waals surface area contributed by atoms with Crippen LogP contribution in [0.2, 0.25) is 0 Å². The summed E-state index contributed by atoms with van der Waals surface area (Å²) in [7, 11) is 0. The molecule has 3 aliphatic rings. The molecule has 0 aromatic carbocycles. The first-order chi connectivity index (χ1) is 14.5. The molecule has 9 N–H and O–H groups in total. The fourth-order valence-electron chi connectivity index (χ4n) is 3.62. The Labute approximate surface area is 176 Å². The van der Waals surface area contributed by atoms with Gasteiger partial charge < -0.3 is 69.6 Å². The molecule has 0 amide bonds. The second-order valence-electron chi connectivity index (χ2n) is 8.05. The molecule has 182 valence electrons. The van der Waals surface area contributed by atoms with Crippen LogP contribution in [0.4, 0.5) is 0 Å². The first-order valence-electron chi connectivity index (χ1n) is 9.79. The Morgan fingerprint density at radius 1 is 0.871 bits per heavy atom. The summed E-state index contributed by atoms with van der Waals surface area (Å²) in [6, 6.07) is 0. The number of ether oxygens (including phenoxy) is 5. The topological polar surface area (TPSA) is 228 Å².